The minimum Gasteiger partial charge on any atom is -0.478 e. The van der Waals surface area contributed by atoms with Gasteiger partial charge in [0, 0.05) is 14.3 Å². The van der Waals surface area contributed by atoms with Gasteiger partial charge in [0.1, 0.15) is 11.9 Å². The van der Waals surface area contributed by atoms with E-state index >= 15 is 0 Å². The Kier molecular flexibility index (Phi) is 4.42. The molecular formula is C14H7BrFNO2S. The third-order valence-electron chi connectivity index (χ3n) is 2.47. The van der Waals surface area contributed by atoms with Gasteiger partial charge < -0.3 is 5.11 Å². The summed E-state index contributed by atoms with van der Waals surface area (Å²) >= 11 is 4.35. The first kappa shape index (κ1) is 14.6. The monoisotopic (exact) mass is 351 g/mol. The van der Waals surface area contributed by atoms with Crippen molar-refractivity contribution < 1.29 is 14.3 Å². The van der Waals surface area contributed by atoms with Crippen molar-refractivity contribution in [1.29, 1.82) is 5.26 Å². The van der Waals surface area contributed by atoms with Crippen LogP contribution in [0.3, 0.4) is 0 Å². The largest absolute Gasteiger partial charge is 0.478 e. The second kappa shape index (κ2) is 6.07. The van der Waals surface area contributed by atoms with Gasteiger partial charge in [-0.2, -0.15) is 5.26 Å². The van der Waals surface area contributed by atoms with Crippen molar-refractivity contribution in [2.75, 3.05) is 0 Å². The maximum atomic E-state index is 13.7. The minimum absolute atomic E-state index is 0.0293. The van der Waals surface area contributed by atoms with Crippen molar-refractivity contribution in [3.63, 3.8) is 0 Å². The molecular weight excluding hydrogens is 345 g/mol. The van der Waals surface area contributed by atoms with E-state index in [1.54, 1.807) is 18.2 Å². The molecule has 0 radical (unpaired) electrons. The molecule has 100 valence electrons. The van der Waals surface area contributed by atoms with Crippen LogP contribution in [0.2, 0.25) is 0 Å². The Balaban J connectivity index is 2.35. The van der Waals surface area contributed by atoms with Gasteiger partial charge in [0.25, 0.3) is 0 Å². The molecule has 0 aliphatic heterocycles. The molecule has 2 rings (SSSR count). The Morgan fingerprint density at radius 1 is 1.30 bits per heavy atom. The maximum Gasteiger partial charge on any atom is 0.335 e. The highest BCUT2D eigenvalue weighted by molar-refractivity contribution is 9.10. The van der Waals surface area contributed by atoms with Gasteiger partial charge in [-0.25, -0.2) is 9.18 Å². The van der Waals surface area contributed by atoms with Crippen molar-refractivity contribution >= 4 is 33.7 Å². The summed E-state index contributed by atoms with van der Waals surface area (Å²) in [4.78, 5) is 11.8. The molecule has 0 fully saturated rings. The summed E-state index contributed by atoms with van der Waals surface area (Å²) in [5.41, 5.74) is 0.510. The zero-order valence-electron chi connectivity index (χ0n) is 9.93. The number of nitriles is 1. The lowest BCUT2D eigenvalue weighted by atomic mass is 10.2. The first-order valence-corrected chi connectivity index (χ1v) is 7.02. The number of rotatable bonds is 3. The van der Waals surface area contributed by atoms with Gasteiger partial charge in [-0.05, 0) is 52.3 Å². The average Bonchev–Trinajstić information content (AvgIpc) is 2.41. The van der Waals surface area contributed by atoms with E-state index in [-0.39, 0.29) is 10.5 Å². The Morgan fingerprint density at radius 2 is 2.05 bits per heavy atom. The lowest BCUT2D eigenvalue weighted by molar-refractivity contribution is 0.0696. The molecule has 0 heterocycles. The standard InChI is InChI=1S/C14H7BrFNO2S/c15-11-6-10(3-1-9(11)7-17)20-13-5-8(14(18)19)2-4-12(13)16/h1-6H,(H,18,19). The molecule has 0 aliphatic rings. The first-order valence-electron chi connectivity index (χ1n) is 5.41. The predicted molar refractivity (Wildman–Crippen MR) is 76.3 cm³/mol. The fraction of sp³-hybridized carbons (Fsp3) is 0. The molecule has 1 N–H and O–H groups in total. The van der Waals surface area contributed by atoms with E-state index in [0.717, 1.165) is 17.8 Å². The maximum absolute atomic E-state index is 13.7. The van der Waals surface area contributed by atoms with Crippen LogP contribution in [0.1, 0.15) is 15.9 Å². The van der Waals surface area contributed by atoms with Gasteiger partial charge >= 0.3 is 5.97 Å². The number of aromatic carboxylic acids is 1. The molecule has 0 spiro atoms. The summed E-state index contributed by atoms with van der Waals surface area (Å²) in [7, 11) is 0. The molecule has 0 bridgehead atoms. The molecule has 20 heavy (non-hydrogen) atoms. The van der Waals surface area contributed by atoms with Crippen LogP contribution in [0.15, 0.2) is 50.7 Å². The lowest BCUT2D eigenvalue weighted by Crippen LogP contribution is -1.97. The van der Waals surface area contributed by atoms with Crippen LogP contribution >= 0.6 is 27.7 Å². The summed E-state index contributed by atoms with van der Waals surface area (Å²) in [6.07, 6.45) is 0. The van der Waals surface area contributed by atoms with Crippen LogP contribution in [0.4, 0.5) is 4.39 Å². The van der Waals surface area contributed by atoms with Crippen LogP contribution in [0.5, 0.6) is 0 Å². The van der Waals surface area contributed by atoms with Crippen molar-refractivity contribution in [3.8, 4) is 6.07 Å². The van der Waals surface area contributed by atoms with E-state index < -0.39 is 11.8 Å². The summed E-state index contributed by atoms with van der Waals surface area (Å²) in [6, 6.07) is 10.6. The highest BCUT2D eigenvalue weighted by Crippen LogP contribution is 2.33. The molecule has 0 amide bonds. The number of hydrogen-bond acceptors (Lipinski definition) is 3. The average molecular weight is 352 g/mol. The van der Waals surface area contributed by atoms with Crippen LogP contribution in [0.25, 0.3) is 0 Å². The van der Waals surface area contributed by atoms with Crippen LogP contribution in [-0.4, -0.2) is 11.1 Å². The molecule has 2 aromatic carbocycles. The highest BCUT2D eigenvalue weighted by atomic mass is 79.9. The molecule has 0 saturated heterocycles. The second-order valence-electron chi connectivity index (χ2n) is 3.81. The molecule has 3 nitrogen and oxygen atoms in total. The fourth-order valence-electron chi connectivity index (χ4n) is 1.49. The van der Waals surface area contributed by atoms with Gasteiger partial charge in [-0.15, -0.1) is 0 Å². The Hall–Kier alpha value is -1.84. The summed E-state index contributed by atoms with van der Waals surface area (Å²) < 4.78 is 14.3. The van der Waals surface area contributed by atoms with E-state index in [2.05, 4.69) is 15.9 Å². The van der Waals surface area contributed by atoms with Crippen molar-refractivity contribution in [3.05, 3.63) is 57.8 Å². The van der Waals surface area contributed by atoms with Gasteiger partial charge in [-0.3, -0.25) is 0 Å². The molecule has 2 aromatic rings. The molecule has 6 heteroatoms. The Morgan fingerprint density at radius 3 is 2.65 bits per heavy atom. The number of benzene rings is 2. The number of carboxylic acid groups (broad SMARTS) is 1. The normalized spacial score (nSPS) is 10.1. The van der Waals surface area contributed by atoms with E-state index in [0.29, 0.717) is 14.9 Å². The van der Waals surface area contributed by atoms with E-state index in [1.807, 2.05) is 6.07 Å². The number of carbonyl (C=O) groups is 1. The highest BCUT2D eigenvalue weighted by Gasteiger charge is 2.10. The van der Waals surface area contributed by atoms with E-state index in [1.165, 1.54) is 12.1 Å². The Labute approximate surface area is 127 Å². The zero-order valence-corrected chi connectivity index (χ0v) is 12.3. The van der Waals surface area contributed by atoms with Crippen molar-refractivity contribution in [2.45, 2.75) is 9.79 Å². The molecule has 0 atom stereocenters. The van der Waals surface area contributed by atoms with Gasteiger partial charge in [0.05, 0.1) is 11.1 Å². The fourth-order valence-corrected chi connectivity index (χ4v) is 3.03. The summed E-state index contributed by atoms with van der Waals surface area (Å²) in [6.45, 7) is 0. The molecule has 0 aliphatic carbocycles. The topological polar surface area (TPSA) is 61.1 Å². The molecule has 0 saturated carbocycles. The third-order valence-corrected chi connectivity index (χ3v) is 4.15. The van der Waals surface area contributed by atoms with Crippen LogP contribution in [0, 0.1) is 17.1 Å². The van der Waals surface area contributed by atoms with Gasteiger partial charge in [0.15, 0.2) is 0 Å². The number of halogens is 2. The smallest absolute Gasteiger partial charge is 0.335 e. The predicted octanol–water partition coefficient (Wildman–Crippen LogP) is 4.31. The Bertz CT molecular complexity index is 728. The molecule has 0 aromatic heterocycles. The zero-order chi connectivity index (χ0) is 14.7. The summed E-state index contributed by atoms with van der Waals surface area (Å²) in [5.74, 6) is -1.59. The molecule has 0 unspecified atom stereocenters. The number of carboxylic acids is 1. The van der Waals surface area contributed by atoms with Gasteiger partial charge in [0.2, 0.25) is 0 Å². The van der Waals surface area contributed by atoms with Crippen molar-refractivity contribution in [1.82, 2.24) is 0 Å². The van der Waals surface area contributed by atoms with Crippen LogP contribution < -0.4 is 0 Å². The van der Waals surface area contributed by atoms with Crippen LogP contribution in [-0.2, 0) is 0 Å². The lowest BCUT2D eigenvalue weighted by Gasteiger charge is -2.05. The number of nitrogens with zero attached hydrogens (tertiary/aromatic N) is 1. The SMILES string of the molecule is N#Cc1ccc(Sc2cc(C(=O)O)ccc2F)cc1Br. The third kappa shape index (κ3) is 3.18. The second-order valence-corrected chi connectivity index (χ2v) is 5.78. The van der Waals surface area contributed by atoms with Crippen molar-refractivity contribution in [2.24, 2.45) is 0 Å². The first-order chi connectivity index (χ1) is 9.51. The number of hydrogen-bond donors (Lipinski definition) is 1. The van der Waals surface area contributed by atoms with E-state index in [4.69, 9.17) is 10.4 Å². The quantitative estimate of drug-likeness (QED) is 0.894. The van der Waals surface area contributed by atoms with Gasteiger partial charge in [-0.1, -0.05) is 11.8 Å². The van der Waals surface area contributed by atoms with E-state index in [9.17, 15) is 9.18 Å². The minimum atomic E-state index is -1.10. The summed E-state index contributed by atoms with van der Waals surface area (Å²) in [5, 5.41) is 17.7.